The largest absolute Gasteiger partial charge is 0.423 e. The molecule has 5 rings (SSSR count). The SMILES string of the molecule is Cc1ccc(N2C(=O)[C@@H]3[C@@H](SC(N)=C4C(=O)Oc5ccccc5[C@H]43)C2=O)cc1Cl. The minimum absolute atomic E-state index is 0.223. The van der Waals surface area contributed by atoms with Crippen molar-refractivity contribution in [1.82, 2.24) is 0 Å². The van der Waals surface area contributed by atoms with Gasteiger partial charge < -0.3 is 10.5 Å². The van der Waals surface area contributed by atoms with Crippen LogP contribution >= 0.6 is 23.4 Å². The number of hydrogen-bond donors (Lipinski definition) is 1. The van der Waals surface area contributed by atoms with Gasteiger partial charge in [-0.05, 0) is 30.7 Å². The summed E-state index contributed by atoms with van der Waals surface area (Å²) in [6, 6.07) is 12.1. The van der Waals surface area contributed by atoms with Crippen LogP contribution in [-0.2, 0) is 14.4 Å². The molecule has 146 valence electrons. The number of imide groups is 1. The predicted octanol–water partition coefficient (Wildman–Crippen LogP) is 3.13. The van der Waals surface area contributed by atoms with Crippen LogP contribution in [0.15, 0.2) is 53.1 Å². The topological polar surface area (TPSA) is 89.7 Å². The van der Waals surface area contributed by atoms with E-state index in [1.165, 1.54) is 0 Å². The average Bonchev–Trinajstić information content (AvgIpc) is 2.94. The molecule has 2 N–H and O–H groups in total. The Kier molecular flexibility index (Phi) is 4.01. The number of fused-ring (bicyclic) bond motifs is 5. The van der Waals surface area contributed by atoms with Crippen LogP contribution in [0.3, 0.4) is 0 Å². The Bertz CT molecular complexity index is 1150. The number of hydrogen-bond acceptors (Lipinski definition) is 6. The summed E-state index contributed by atoms with van der Waals surface area (Å²) in [6.45, 7) is 1.84. The predicted molar refractivity (Wildman–Crippen MR) is 110 cm³/mol. The summed E-state index contributed by atoms with van der Waals surface area (Å²) in [6.07, 6.45) is 0. The Labute approximate surface area is 175 Å². The number of anilines is 1. The van der Waals surface area contributed by atoms with Gasteiger partial charge in [0.25, 0.3) is 0 Å². The average molecular weight is 427 g/mol. The van der Waals surface area contributed by atoms with E-state index in [9.17, 15) is 14.4 Å². The minimum atomic E-state index is -0.746. The van der Waals surface area contributed by atoms with Crippen molar-refractivity contribution >= 4 is 46.8 Å². The van der Waals surface area contributed by atoms with Crippen LogP contribution in [0.25, 0.3) is 0 Å². The van der Waals surface area contributed by atoms with E-state index in [-0.39, 0.29) is 22.4 Å². The zero-order chi connectivity index (χ0) is 20.4. The number of nitrogens with two attached hydrogens (primary N) is 1. The van der Waals surface area contributed by atoms with Gasteiger partial charge in [0.05, 0.1) is 22.2 Å². The van der Waals surface area contributed by atoms with Gasteiger partial charge in [-0.2, -0.15) is 0 Å². The van der Waals surface area contributed by atoms with E-state index in [0.717, 1.165) is 22.2 Å². The lowest BCUT2D eigenvalue weighted by Crippen LogP contribution is -2.39. The third kappa shape index (κ3) is 2.54. The lowest BCUT2D eigenvalue weighted by atomic mass is 9.77. The Balaban J connectivity index is 1.65. The first-order chi connectivity index (χ1) is 13.9. The van der Waals surface area contributed by atoms with E-state index in [1.807, 2.05) is 6.92 Å². The minimum Gasteiger partial charge on any atom is -0.423 e. The number of carbonyl (C=O) groups excluding carboxylic acids is 3. The van der Waals surface area contributed by atoms with Crippen molar-refractivity contribution in [3.8, 4) is 5.75 Å². The van der Waals surface area contributed by atoms with Crippen LogP contribution < -0.4 is 15.4 Å². The van der Waals surface area contributed by atoms with Crippen LogP contribution in [0.4, 0.5) is 5.69 Å². The third-order valence-electron chi connectivity index (χ3n) is 5.58. The summed E-state index contributed by atoms with van der Waals surface area (Å²) < 4.78 is 5.41. The molecule has 0 radical (unpaired) electrons. The molecule has 0 aromatic heterocycles. The van der Waals surface area contributed by atoms with Crippen molar-refractivity contribution in [3.63, 3.8) is 0 Å². The molecule has 2 amide bonds. The Morgan fingerprint density at radius 1 is 1.10 bits per heavy atom. The molecule has 0 aliphatic carbocycles. The van der Waals surface area contributed by atoms with Gasteiger partial charge in [-0.1, -0.05) is 47.6 Å². The molecular formula is C21H15ClN2O4S. The molecule has 6 nitrogen and oxygen atoms in total. The number of thioether (sulfide) groups is 1. The maximum absolute atomic E-state index is 13.5. The molecule has 0 bridgehead atoms. The molecule has 29 heavy (non-hydrogen) atoms. The summed E-state index contributed by atoms with van der Waals surface area (Å²) in [7, 11) is 0. The Morgan fingerprint density at radius 2 is 1.86 bits per heavy atom. The van der Waals surface area contributed by atoms with Crippen molar-refractivity contribution in [1.29, 1.82) is 0 Å². The number of benzene rings is 2. The normalized spacial score (nSPS) is 25.5. The van der Waals surface area contributed by atoms with Crippen molar-refractivity contribution < 1.29 is 19.1 Å². The fourth-order valence-corrected chi connectivity index (χ4v) is 5.59. The number of esters is 1. The molecule has 3 atom stereocenters. The summed E-state index contributed by atoms with van der Waals surface area (Å²) in [4.78, 5) is 40.4. The number of carbonyl (C=O) groups is 3. The molecular weight excluding hydrogens is 412 g/mol. The van der Waals surface area contributed by atoms with Crippen molar-refractivity contribution in [2.75, 3.05) is 4.90 Å². The lowest BCUT2D eigenvalue weighted by Gasteiger charge is -2.36. The number of nitrogens with zero attached hydrogens (tertiary/aromatic N) is 1. The summed E-state index contributed by atoms with van der Waals surface area (Å²) in [5.74, 6) is -2.28. The number of aryl methyl sites for hydroxylation is 1. The highest BCUT2D eigenvalue weighted by atomic mass is 35.5. The van der Waals surface area contributed by atoms with E-state index in [2.05, 4.69) is 0 Å². The van der Waals surface area contributed by atoms with E-state index in [1.54, 1.807) is 42.5 Å². The van der Waals surface area contributed by atoms with Gasteiger partial charge in [0.2, 0.25) is 11.8 Å². The summed E-state index contributed by atoms with van der Waals surface area (Å²) in [5, 5.41) is -0.0217. The highest BCUT2D eigenvalue weighted by Gasteiger charge is 2.58. The van der Waals surface area contributed by atoms with Gasteiger partial charge in [0.15, 0.2) is 0 Å². The van der Waals surface area contributed by atoms with Crippen LogP contribution in [0.1, 0.15) is 17.0 Å². The monoisotopic (exact) mass is 426 g/mol. The molecule has 3 aliphatic heterocycles. The first kappa shape index (κ1) is 18.3. The molecule has 1 fully saturated rings. The van der Waals surface area contributed by atoms with Crippen molar-refractivity contribution in [2.45, 2.75) is 18.1 Å². The number of amides is 2. The van der Waals surface area contributed by atoms with Crippen LogP contribution in [0, 0.1) is 12.8 Å². The van der Waals surface area contributed by atoms with Crippen LogP contribution in [0.2, 0.25) is 5.02 Å². The highest BCUT2D eigenvalue weighted by molar-refractivity contribution is 8.04. The van der Waals surface area contributed by atoms with E-state index >= 15 is 0 Å². The quantitative estimate of drug-likeness (QED) is 0.428. The lowest BCUT2D eigenvalue weighted by molar-refractivity contribution is -0.131. The third-order valence-corrected chi connectivity index (χ3v) is 7.21. The number of halogens is 1. The zero-order valence-corrected chi connectivity index (χ0v) is 16.8. The van der Waals surface area contributed by atoms with E-state index in [0.29, 0.717) is 22.0 Å². The van der Waals surface area contributed by atoms with Gasteiger partial charge in [-0.3, -0.25) is 9.59 Å². The summed E-state index contributed by atoms with van der Waals surface area (Å²) in [5.41, 5.74) is 8.36. The zero-order valence-electron chi connectivity index (χ0n) is 15.2. The molecule has 3 heterocycles. The van der Waals surface area contributed by atoms with Gasteiger partial charge in [-0.25, -0.2) is 9.69 Å². The van der Waals surface area contributed by atoms with Crippen LogP contribution in [0.5, 0.6) is 5.75 Å². The summed E-state index contributed by atoms with van der Waals surface area (Å²) >= 11 is 7.27. The van der Waals surface area contributed by atoms with Gasteiger partial charge in [0.1, 0.15) is 11.0 Å². The fraction of sp³-hybridized carbons (Fsp3) is 0.190. The molecule has 8 heteroatoms. The number of para-hydroxylation sites is 1. The molecule has 2 aromatic carbocycles. The molecule has 1 saturated heterocycles. The maximum Gasteiger partial charge on any atom is 0.342 e. The van der Waals surface area contributed by atoms with E-state index < -0.39 is 23.1 Å². The molecule has 0 unspecified atom stereocenters. The molecule has 3 aliphatic rings. The molecule has 0 spiro atoms. The standard InChI is InChI=1S/C21H15ClN2O4S/c1-9-6-7-10(8-12(9)22)24-19(25)15-14-11-4-2-3-5-13(11)28-21(27)16(14)18(23)29-17(15)20(24)26/h2-8,14-15,17H,23H2,1H3/t14-,15-,17+/m0/s1. The maximum atomic E-state index is 13.5. The van der Waals surface area contributed by atoms with Gasteiger partial charge >= 0.3 is 5.97 Å². The van der Waals surface area contributed by atoms with Gasteiger partial charge in [-0.15, -0.1) is 0 Å². The number of ether oxygens (including phenoxy) is 1. The Morgan fingerprint density at radius 3 is 2.62 bits per heavy atom. The first-order valence-electron chi connectivity index (χ1n) is 9.00. The fourth-order valence-electron chi connectivity index (χ4n) is 4.18. The van der Waals surface area contributed by atoms with Crippen LogP contribution in [-0.4, -0.2) is 23.0 Å². The smallest absolute Gasteiger partial charge is 0.342 e. The second-order valence-electron chi connectivity index (χ2n) is 7.19. The molecule has 0 saturated carbocycles. The van der Waals surface area contributed by atoms with Crippen molar-refractivity contribution in [3.05, 3.63) is 69.2 Å². The second kappa shape index (κ2) is 6.37. The van der Waals surface area contributed by atoms with E-state index in [4.69, 9.17) is 22.1 Å². The highest BCUT2D eigenvalue weighted by Crippen LogP contribution is 2.54. The molecule has 2 aromatic rings. The Hall–Kier alpha value is -2.77. The number of rotatable bonds is 1. The van der Waals surface area contributed by atoms with Gasteiger partial charge in [0, 0.05) is 16.5 Å². The first-order valence-corrected chi connectivity index (χ1v) is 10.3. The van der Waals surface area contributed by atoms with Crippen molar-refractivity contribution in [2.24, 2.45) is 11.7 Å². The second-order valence-corrected chi connectivity index (χ2v) is 8.78.